The Bertz CT molecular complexity index is 551. The summed E-state index contributed by atoms with van der Waals surface area (Å²) in [5, 5.41) is 9.63. The minimum atomic E-state index is -3.63. The lowest BCUT2D eigenvalue weighted by atomic mass is 9.84. The van der Waals surface area contributed by atoms with Crippen molar-refractivity contribution >= 4 is 10.1 Å². The van der Waals surface area contributed by atoms with E-state index in [1.807, 2.05) is 6.92 Å². The summed E-state index contributed by atoms with van der Waals surface area (Å²) in [6.45, 7) is 2.14. The minimum absolute atomic E-state index is 0.142. The summed E-state index contributed by atoms with van der Waals surface area (Å²) in [6.07, 6.45) is 6.68. The summed E-state index contributed by atoms with van der Waals surface area (Å²) in [7, 11) is -3.63. The van der Waals surface area contributed by atoms with Crippen LogP contribution in [0.15, 0.2) is 29.2 Å². The van der Waals surface area contributed by atoms with Gasteiger partial charge in [-0.05, 0) is 44.2 Å². The number of hydrogen-bond acceptors (Lipinski definition) is 4. The highest BCUT2D eigenvalue weighted by molar-refractivity contribution is 7.86. The third kappa shape index (κ3) is 5.38. The fourth-order valence-electron chi connectivity index (χ4n) is 3.00. The number of hydrogen-bond donors (Lipinski definition) is 1. The second-order valence-electron chi connectivity index (χ2n) is 6.27. The van der Waals surface area contributed by atoms with E-state index in [9.17, 15) is 13.5 Å². The van der Waals surface area contributed by atoms with Gasteiger partial charge in [0.2, 0.25) is 0 Å². The molecular formula is C17H26O4S. The molecule has 1 fully saturated rings. The molecule has 1 aromatic rings. The maximum Gasteiger partial charge on any atom is 0.296 e. The number of rotatable bonds is 7. The van der Waals surface area contributed by atoms with Crippen molar-refractivity contribution in [2.45, 2.75) is 62.9 Å². The molecule has 0 heterocycles. The monoisotopic (exact) mass is 326 g/mol. The lowest BCUT2D eigenvalue weighted by Gasteiger charge is -2.25. The average Bonchev–Trinajstić information content (AvgIpc) is 2.47. The van der Waals surface area contributed by atoms with Gasteiger partial charge in [0.25, 0.3) is 10.1 Å². The molecule has 4 nitrogen and oxygen atoms in total. The highest BCUT2D eigenvalue weighted by Crippen LogP contribution is 2.28. The van der Waals surface area contributed by atoms with Crippen LogP contribution in [0.5, 0.6) is 0 Å². The predicted octanol–water partition coefficient (Wildman–Crippen LogP) is 3.42. The molecule has 5 heteroatoms. The van der Waals surface area contributed by atoms with Crippen LogP contribution in [0.3, 0.4) is 0 Å². The van der Waals surface area contributed by atoms with Crippen LogP contribution in [0.2, 0.25) is 0 Å². The Morgan fingerprint density at radius 2 is 1.91 bits per heavy atom. The van der Waals surface area contributed by atoms with E-state index in [2.05, 4.69) is 0 Å². The average molecular weight is 326 g/mol. The Kier molecular flexibility index (Phi) is 6.41. The van der Waals surface area contributed by atoms with E-state index >= 15 is 0 Å². The molecule has 0 aliphatic heterocycles. The Morgan fingerprint density at radius 1 is 1.18 bits per heavy atom. The third-order valence-corrected chi connectivity index (χ3v) is 5.64. The molecule has 1 aromatic carbocycles. The summed E-state index contributed by atoms with van der Waals surface area (Å²) in [5.41, 5.74) is 1.02. The van der Waals surface area contributed by atoms with Gasteiger partial charge < -0.3 is 5.11 Å². The van der Waals surface area contributed by atoms with E-state index < -0.39 is 10.1 Å². The number of unbranched alkanes of at least 4 members (excludes halogenated alkanes) is 1. The van der Waals surface area contributed by atoms with Crippen molar-refractivity contribution in [3.05, 3.63) is 29.8 Å². The van der Waals surface area contributed by atoms with Gasteiger partial charge >= 0.3 is 0 Å². The molecule has 0 amide bonds. The van der Waals surface area contributed by atoms with E-state index in [1.165, 1.54) is 6.42 Å². The molecule has 124 valence electrons. The maximum absolute atomic E-state index is 12.0. The number of aliphatic hydroxyl groups is 1. The summed E-state index contributed by atoms with van der Waals surface area (Å²) >= 11 is 0. The molecular weight excluding hydrogens is 300 g/mol. The van der Waals surface area contributed by atoms with Crippen LogP contribution in [0.4, 0.5) is 0 Å². The van der Waals surface area contributed by atoms with Crippen LogP contribution < -0.4 is 0 Å². The molecule has 0 bridgehead atoms. The SMILES string of the molecule is Cc1ccc(S(=O)(=O)OCCCC[C@@H]2CCC[C@H](O)C2)cc1. The summed E-state index contributed by atoms with van der Waals surface area (Å²) < 4.78 is 29.1. The Balaban J connectivity index is 1.68. The zero-order valence-electron chi connectivity index (χ0n) is 13.2. The standard InChI is InChI=1S/C17H26O4S/c1-14-8-10-17(11-9-14)22(19,20)21-12-3-2-5-15-6-4-7-16(18)13-15/h8-11,15-16,18H,2-7,12-13H2,1H3/t15-,16+/m1/s1. The molecule has 1 aliphatic carbocycles. The molecule has 0 saturated heterocycles. The first kappa shape index (κ1) is 17.4. The first-order valence-electron chi connectivity index (χ1n) is 8.11. The van der Waals surface area contributed by atoms with Crippen LogP contribution in [-0.2, 0) is 14.3 Å². The van der Waals surface area contributed by atoms with Gasteiger partial charge in [0.05, 0.1) is 17.6 Å². The molecule has 0 aromatic heterocycles. The lowest BCUT2D eigenvalue weighted by molar-refractivity contribution is 0.0970. The van der Waals surface area contributed by atoms with Gasteiger partial charge in [-0.2, -0.15) is 8.42 Å². The van der Waals surface area contributed by atoms with Crippen molar-refractivity contribution in [3.8, 4) is 0 Å². The molecule has 0 radical (unpaired) electrons. The summed E-state index contributed by atoms with van der Waals surface area (Å²) in [5.74, 6) is 0.581. The molecule has 22 heavy (non-hydrogen) atoms. The van der Waals surface area contributed by atoms with Crippen LogP contribution in [0.1, 0.15) is 50.5 Å². The fraction of sp³-hybridized carbons (Fsp3) is 0.647. The van der Waals surface area contributed by atoms with Gasteiger partial charge in [-0.1, -0.05) is 43.4 Å². The second kappa shape index (κ2) is 8.09. The zero-order chi connectivity index (χ0) is 16.0. The van der Waals surface area contributed by atoms with Crippen LogP contribution in [0, 0.1) is 12.8 Å². The van der Waals surface area contributed by atoms with E-state index in [4.69, 9.17) is 4.18 Å². The van der Waals surface area contributed by atoms with E-state index in [0.29, 0.717) is 5.92 Å². The molecule has 2 atom stereocenters. The highest BCUT2D eigenvalue weighted by Gasteiger charge is 2.20. The normalized spacial score (nSPS) is 22.6. The van der Waals surface area contributed by atoms with Crippen molar-refractivity contribution in [3.63, 3.8) is 0 Å². The van der Waals surface area contributed by atoms with Crippen molar-refractivity contribution in [2.24, 2.45) is 5.92 Å². The first-order chi connectivity index (χ1) is 10.5. The van der Waals surface area contributed by atoms with Crippen LogP contribution in [-0.4, -0.2) is 26.2 Å². The van der Waals surface area contributed by atoms with Gasteiger partial charge in [-0.3, -0.25) is 4.18 Å². The molecule has 0 spiro atoms. The minimum Gasteiger partial charge on any atom is -0.393 e. The largest absolute Gasteiger partial charge is 0.393 e. The molecule has 1 saturated carbocycles. The smallest absolute Gasteiger partial charge is 0.296 e. The van der Waals surface area contributed by atoms with Crippen LogP contribution >= 0.6 is 0 Å². The Morgan fingerprint density at radius 3 is 2.59 bits per heavy atom. The Hall–Kier alpha value is -0.910. The van der Waals surface area contributed by atoms with Gasteiger partial charge in [-0.15, -0.1) is 0 Å². The number of benzene rings is 1. The highest BCUT2D eigenvalue weighted by atomic mass is 32.2. The predicted molar refractivity (Wildman–Crippen MR) is 86.1 cm³/mol. The van der Waals surface area contributed by atoms with Crippen LogP contribution in [0.25, 0.3) is 0 Å². The fourth-order valence-corrected chi connectivity index (χ4v) is 3.94. The summed E-state index contributed by atoms with van der Waals surface area (Å²) in [6, 6.07) is 6.69. The van der Waals surface area contributed by atoms with Crippen molar-refractivity contribution < 1.29 is 17.7 Å². The van der Waals surface area contributed by atoms with Gasteiger partial charge in [-0.25, -0.2) is 0 Å². The Labute approximate surface area is 133 Å². The van der Waals surface area contributed by atoms with E-state index in [0.717, 1.165) is 44.1 Å². The zero-order valence-corrected chi connectivity index (χ0v) is 14.0. The molecule has 2 rings (SSSR count). The van der Waals surface area contributed by atoms with Gasteiger partial charge in [0.15, 0.2) is 0 Å². The second-order valence-corrected chi connectivity index (χ2v) is 7.89. The number of aryl methyl sites for hydroxylation is 1. The van der Waals surface area contributed by atoms with Gasteiger partial charge in [0.1, 0.15) is 0 Å². The van der Waals surface area contributed by atoms with E-state index in [1.54, 1.807) is 24.3 Å². The topological polar surface area (TPSA) is 63.6 Å². The van der Waals surface area contributed by atoms with Gasteiger partial charge in [0, 0.05) is 0 Å². The first-order valence-corrected chi connectivity index (χ1v) is 9.52. The van der Waals surface area contributed by atoms with Crippen molar-refractivity contribution in [1.29, 1.82) is 0 Å². The number of aliphatic hydroxyl groups excluding tert-OH is 1. The van der Waals surface area contributed by atoms with E-state index in [-0.39, 0.29) is 17.6 Å². The third-order valence-electron chi connectivity index (χ3n) is 4.31. The molecule has 1 aliphatic rings. The molecule has 0 unspecified atom stereocenters. The van der Waals surface area contributed by atoms with Crippen molar-refractivity contribution in [1.82, 2.24) is 0 Å². The molecule has 1 N–H and O–H groups in total. The maximum atomic E-state index is 12.0. The summed E-state index contributed by atoms with van der Waals surface area (Å²) in [4.78, 5) is 0.216. The lowest BCUT2D eigenvalue weighted by Crippen LogP contribution is -2.19. The quantitative estimate of drug-likeness (QED) is 0.616. The van der Waals surface area contributed by atoms with Crippen molar-refractivity contribution in [2.75, 3.05) is 6.61 Å².